The number of unbranched alkanes of at least 4 members (excludes halogenated alkanes) is 27. The van der Waals surface area contributed by atoms with Gasteiger partial charge in [0, 0.05) is 6.42 Å². The van der Waals surface area contributed by atoms with Crippen molar-refractivity contribution in [3.8, 4) is 0 Å². The zero-order valence-corrected chi connectivity index (χ0v) is 40.3. The Morgan fingerprint density at radius 1 is 0.593 bits per heavy atom. The third-order valence-electron chi connectivity index (χ3n) is 11.3. The van der Waals surface area contributed by atoms with Crippen LogP contribution in [0.15, 0.2) is 24.3 Å². The lowest BCUT2D eigenvalue weighted by Gasteiger charge is -2.28. The number of aliphatic hydroxyl groups is 2. The molecule has 350 valence electrons. The van der Waals surface area contributed by atoms with Crippen LogP contribution in [0.4, 0.5) is 0 Å². The Balaban J connectivity index is 4.33. The maximum atomic E-state index is 12.9. The van der Waals surface area contributed by atoms with Crippen LogP contribution in [-0.2, 0) is 18.4 Å². The zero-order chi connectivity index (χ0) is 43.7. The molecule has 0 radical (unpaired) electrons. The highest BCUT2D eigenvalue weighted by atomic mass is 31.2. The number of nitrogens with one attached hydrogen (secondary N) is 1. The number of nitrogens with zero attached hydrogens (tertiary/aromatic N) is 1. The Hall–Kier alpha value is -1.06. The van der Waals surface area contributed by atoms with E-state index in [1.807, 2.05) is 21.1 Å². The van der Waals surface area contributed by atoms with Crippen LogP contribution >= 0.6 is 7.82 Å². The summed E-state index contributed by atoms with van der Waals surface area (Å²) in [5.74, 6) is -0.259. The average molecular weight is 858 g/mol. The van der Waals surface area contributed by atoms with Crippen LogP contribution in [0.25, 0.3) is 0 Å². The van der Waals surface area contributed by atoms with Crippen molar-refractivity contribution in [2.75, 3.05) is 40.9 Å². The topological polar surface area (TPSA) is 125 Å². The average Bonchev–Trinajstić information content (AvgIpc) is 3.19. The summed E-state index contributed by atoms with van der Waals surface area (Å²) >= 11 is 0. The van der Waals surface area contributed by atoms with Crippen LogP contribution in [-0.4, -0.2) is 84.6 Å². The maximum absolute atomic E-state index is 12.9. The molecule has 0 heterocycles. The number of carbonyl (C=O) groups excluding carboxylic acids is 1. The number of amides is 1. The highest BCUT2D eigenvalue weighted by molar-refractivity contribution is 7.47. The first-order valence-electron chi connectivity index (χ1n) is 24.8. The summed E-state index contributed by atoms with van der Waals surface area (Å²) in [5, 5.41) is 24.7. The smallest absolute Gasteiger partial charge is 0.390 e. The number of quaternary nitrogens is 1. The van der Waals surface area contributed by atoms with Gasteiger partial charge in [-0.2, -0.15) is 0 Å². The molecule has 0 aromatic rings. The van der Waals surface area contributed by atoms with Crippen molar-refractivity contribution in [1.29, 1.82) is 0 Å². The molecule has 0 fully saturated rings. The number of phosphoric ester groups is 1. The molecule has 0 aliphatic heterocycles. The zero-order valence-electron chi connectivity index (χ0n) is 39.4. The van der Waals surface area contributed by atoms with Gasteiger partial charge in [-0.3, -0.25) is 13.8 Å². The second kappa shape index (κ2) is 41.0. The van der Waals surface area contributed by atoms with Crippen molar-refractivity contribution in [1.82, 2.24) is 5.32 Å². The fraction of sp³-hybridized carbons (Fsp3) is 0.898. The molecule has 0 aliphatic carbocycles. The van der Waals surface area contributed by atoms with Gasteiger partial charge in [0.2, 0.25) is 5.91 Å². The number of carbonyl (C=O) groups is 1. The standard InChI is InChI=1S/C49H97N2O7P/c1-6-8-10-12-14-16-18-20-21-22-23-24-25-26-27-28-29-30-32-34-36-38-40-42-48(53)50-46(45-58-59(55,56)57-44-43-51(3,4)5)49(54)47(52)41-39-37-35-33-31-19-17-15-13-11-9-7-2/h18,20,22-23,46-47,49,52,54H,6-17,19,21,24-45H2,1-5H3,(H-,50,53,55,56)/p+1/b20-18-,23-22-. The number of aliphatic hydroxyl groups excluding tert-OH is 2. The summed E-state index contributed by atoms with van der Waals surface area (Å²) < 4.78 is 23.5. The monoisotopic (exact) mass is 858 g/mol. The van der Waals surface area contributed by atoms with Crippen molar-refractivity contribution < 1.29 is 38.0 Å². The van der Waals surface area contributed by atoms with Gasteiger partial charge in [-0.05, 0) is 44.9 Å². The fourth-order valence-corrected chi connectivity index (χ4v) is 8.03. The van der Waals surface area contributed by atoms with Crippen molar-refractivity contribution in [2.24, 2.45) is 0 Å². The van der Waals surface area contributed by atoms with Crippen molar-refractivity contribution in [2.45, 2.75) is 244 Å². The highest BCUT2D eigenvalue weighted by Crippen LogP contribution is 2.43. The fourth-order valence-electron chi connectivity index (χ4n) is 7.29. The lowest BCUT2D eigenvalue weighted by atomic mass is 9.99. The molecule has 4 N–H and O–H groups in total. The van der Waals surface area contributed by atoms with E-state index in [1.54, 1.807) is 0 Å². The molecular weight excluding hydrogens is 760 g/mol. The van der Waals surface area contributed by atoms with E-state index < -0.39 is 32.7 Å². The number of rotatable bonds is 45. The molecular formula is C49H98N2O7P+. The minimum Gasteiger partial charge on any atom is -0.390 e. The van der Waals surface area contributed by atoms with Gasteiger partial charge in [0.15, 0.2) is 0 Å². The van der Waals surface area contributed by atoms with E-state index in [2.05, 4.69) is 43.5 Å². The first kappa shape index (κ1) is 57.9. The summed E-state index contributed by atoms with van der Waals surface area (Å²) in [5.41, 5.74) is 0. The lowest BCUT2D eigenvalue weighted by molar-refractivity contribution is -0.870. The second-order valence-electron chi connectivity index (χ2n) is 18.3. The Morgan fingerprint density at radius 2 is 1.00 bits per heavy atom. The van der Waals surface area contributed by atoms with Crippen LogP contribution < -0.4 is 5.32 Å². The molecule has 4 unspecified atom stereocenters. The summed E-state index contributed by atoms with van der Waals surface area (Å²) in [7, 11) is 1.44. The minimum atomic E-state index is -4.41. The lowest BCUT2D eigenvalue weighted by Crippen LogP contribution is -2.51. The van der Waals surface area contributed by atoms with Gasteiger partial charge in [0.05, 0.1) is 39.9 Å². The van der Waals surface area contributed by atoms with E-state index in [4.69, 9.17) is 9.05 Å². The Kier molecular flexibility index (Phi) is 40.2. The first-order chi connectivity index (χ1) is 28.4. The van der Waals surface area contributed by atoms with Gasteiger partial charge in [-0.25, -0.2) is 4.57 Å². The SMILES string of the molecule is CCCCCCC/C=C\C/C=C\CCCCCCCCCCCCCC(=O)NC(COP(=O)(O)OCC[N+](C)(C)C)C(O)C(O)CCCCCCCCCCCCCC. The minimum absolute atomic E-state index is 0.0223. The maximum Gasteiger partial charge on any atom is 0.472 e. The molecule has 4 atom stereocenters. The molecule has 0 aromatic carbocycles. The van der Waals surface area contributed by atoms with E-state index in [1.165, 1.54) is 154 Å². The Morgan fingerprint density at radius 3 is 1.44 bits per heavy atom. The van der Waals surface area contributed by atoms with Crippen molar-refractivity contribution in [3.63, 3.8) is 0 Å². The summed E-state index contributed by atoms with van der Waals surface area (Å²) in [6.45, 7) is 4.60. The predicted molar refractivity (Wildman–Crippen MR) is 251 cm³/mol. The summed E-state index contributed by atoms with van der Waals surface area (Å²) in [6, 6.07) is -1.03. The number of hydrogen-bond acceptors (Lipinski definition) is 6. The molecule has 1 amide bonds. The predicted octanol–water partition coefficient (Wildman–Crippen LogP) is 13.1. The number of phosphoric acid groups is 1. The van der Waals surface area contributed by atoms with Gasteiger partial charge in [0.1, 0.15) is 19.3 Å². The highest BCUT2D eigenvalue weighted by Gasteiger charge is 2.31. The van der Waals surface area contributed by atoms with Gasteiger partial charge in [-0.15, -0.1) is 0 Å². The van der Waals surface area contributed by atoms with Crippen LogP contribution in [0.3, 0.4) is 0 Å². The van der Waals surface area contributed by atoms with Crippen LogP contribution in [0.2, 0.25) is 0 Å². The number of likely N-dealkylation sites (N-methyl/N-ethyl adjacent to an activating group) is 1. The third-order valence-corrected chi connectivity index (χ3v) is 12.3. The molecule has 0 aliphatic rings. The molecule has 59 heavy (non-hydrogen) atoms. The Bertz CT molecular complexity index is 1030. The van der Waals surface area contributed by atoms with Gasteiger partial charge < -0.3 is 24.9 Å². The molecule has 0 saturated carbocycles. The molecule has 10 heteroatoms. The van der Waals surface area contributed by atoms with Crippen LogP contribution in [0.1, 0.15) is 226 Å². The van der Waals surface area contributed by atoms with Crippen molar-refractivity contribution in [3.05, 3.63) is 24.3 Å². The molecule has 0 saturated heterocycles. The van der Waals surface area contributed by atoms with Gasteiger partial charge in [-0.1, -0.05) is 199 Å². The summed E-state index contributed by atoms with van der Waals surface area (Å²) in [6.07, 6.45) is 45.2. The van der Waals surface area contributed by atoms with E-state index in [-0.39, 0.29) is 12.5 Å². The van der Waals surface area contributed by atoms with Gasteiger partial charge in [0.25, 0.3) is 0 Å². The number of hydrogen-bond donors (Lipinski definition) is 4. The molecule has 0 bridgehead atoms. The van der Waals surface area contributed by atoms with E-state index >= 15 is 0 Å². The van der Waals surface area contributed by atoms with Crippen molar-refractivity contribution >= 4 is 13.7 Å². The molecule has 0 spiro atoms. The van der Waals surface area contributed by atoms with E-state index in [0.29, 0.717) is 23.9 Å². The first-order valence-corrected chi connectivity index (χ1v) is 26.3. The quantitative estimate of drug-likeness (QED) is 0.0208. The number of allylic oxidation sites excluding steroid dienone is 4. The second-order valence-corrected chi connectivity index (χ2v) is 19.8. The summed E-state index contributed by atoms with van der Waals surface area (Å²) in [4.78, 5) is 23.2. The largest absolute Gasteiger partial charge is 0.472 e. The Labute approximate surface area is 365 Å². The van der Waals surface area contributed by atoms with E-state index in [9.17, 15) is 24.5 Å². The molecule has 9 nitrogen and oxygen atoms in total. The molecule has 0 rings (SSSR count). The van der Waals surface area contributed by atoms with Gasteiger partial charge >= 0.3 is 7.82 Å². The van der Waals surface area contributed by atoms with Crippen LogP contribution in [0, 0.1) is 0 Å². The van der Waals surface area contributed by atoms with E-state index in [0.717, 1.165) is 44.9 Å². The molecule has 0 aromatic heterocycles. The van der Waals surface area contributed by atoms with Crippen LogP contribution in [0.5, 0.6) is 0 Å². The normalized spacial score (nSPS) is 14.9. The third kappa shape index (κ3) is 42.0.